The molecule has 1 aromatic carbocycles. The van der Waals surface area contributed by atoms with Crippen molar-refractivity contribution >= 4 is 16.5 Å². The SMILES string of the molecule is O=c1[nH][nH]c(=O)c2c(NCc3ccn[nH]3)cccc12. The summed E-state index contributed by atoms with van der Waals surface area (Å²) in [6.07, 6.45) is 1.65. The van der Waals surface area contributed by atoms with E-state index in [9.17, 15) is 9.59 Å². The molecule has 0 aliphatic carbocycles. The Kier molecular flexibility index (Phi) is 2.64. The van der Waals surface area contributed by atoms with Crippen LogP contribution in [0.15, 0.2) is 40.1 Å². The van der Waals surface area contributed by atoms with Gasteiger partial charge in [0.25, 0.3) is 11.1 Å². The van der Waals surface area contributed by atoms with E-state index in [2.05, 4.69) is 25.7 Å². The second-order valence-corrected chi connectivity index (χ2v) is 4.07. The lowest BCUT2D eigenvalue weighted by Gasteiger charge is -2.07. The fourth-order valence-electron chi connectivity index (χ4n) is 1.95. The summed E-state index contributed by atoms with van der Waals surface area (Å²) >= 11 is 0. The number of rotatable bonds is 3. The van der Waals surface area contributed by atoms with Crippen LogP contribution in [0.3, 0.4) is 0 Å². The van der Waals surface area contributed by atoms with Crippen LogP contribution in [0, 0.1) is 0 Å². The van der Waals surface area contributed by atoms with Crippen LogP contribution in [0.2, 0.25) is 0 Å². The van der Waals surface area contributed by atoms with Crippen molar-refractivity contribution < 1.29 is 0 Å². The molecule has 0 atom stereocenters. The summed E-state index contributed by atoms with van der Waals surface area (Å²) in [7, 11) is 0. The molecule has 0 unspecified atom stereocenters. The van der Waals surface area contributed by atoms with E-state index in [0.29, 0.717) is 23.0 Å². The molecule has 2 heterocycles. The Morgan fingerprint density at radius 1 is 1.11 bits per heavy atom. The average molecular weight is 257 g/mol. The molecule has 2 aromatic heterocycles. The normalized spacial score (nSPS) is 10.7. The maximum Gasteiger partial charge on any atom is 0.272 e. The summed E-state index contributed by atoms with van der Waals surface area (Å²) in [4.78, 5) is 23.5. The first-order valence-electron chi connectivity index (χ1n) is 5.71. The zero-order valence-corrected chi connectivity index (χ0v) is 9.86. The molecule has 0 amide bonds. The number of hydrogen-bond acceptors (Lipinski definition) is 4. The molecule has 0 saturated heterocycles. The Labute approximate surface area is 106 Å². The fourth-order valence-corrected chi connectivity index (χ4v) is 1.95. The number of hydrogen-bond donors (Lipinski definition) is 4. The molecule has 3 aromatic rings. The van der Waals surface area contributed by atoms with E-state index in [0.717, 1.165) is 5.69 Å². The summed E-state index contributed by atoms with van der Waals surface area (Å²) < 4.78 is 0. The molecule has 0 radical (unpaired) electrons. The maximum absolute atomic E-state index is 11.8. The van der Waals surface area contributed by atoms with E-state index in [-0.39, 0.29) is 11.1 Å². The minimum Gasteiger partial charge on any atom is -0.379 e. The van der Waals surface area contributed by atoms with Gasteiger partial charge in [-0.15, -0.1) is 0 Å². The van der Waals surface area contributed by atoms with Gasteiger partial charge in [0.2, 0.25) is 0 Å². The molecule has 0 spiro atoms. The zero-order valence-electron chi connectivity index (χ0n) is 9.86. The van der Waals surface area contributed by atoms with Crippen molar-refractivity contribution in [2.45, 2.75) is 6.54 Å². The summed E-state index contributed by atoms with van der Waals surface area (Å²) in [5.74, 6) is 0. The van der Waals surface area contributed by atoms with Crippen molar-refractivity contribution in [2.24, 2.45) is 0 Å². The zero-order chi connectivity index (χ0) is 13.2. The lowest BCUT2D eigenvalue weighted by molar-refractivity contribution is 0.970. The predicted molar refractivity (Wildman–Crippen MR) is 71.1 cm³/mol. The van der Waals surface area contributed by atoms with Crippen LogP contribution in [-0.4, -0.2) is 20.4 Å². The smallest absolute Gasteiger partial charge is 0.272 e. The van der Waals surface area contributed by atoms with Gasteiger partial charge in [0.15, 0.2) is 0 Å². The highest BCUT2D eigenvalue weighted by atomic mass is 16.1. The summed E-state index contributed by atoms with van der Waals surface area (Å²) in [5.41, 5.74) is 0.847. The van der Waals surface area contributed by atoms with Gasteiger partial charge in [0, 0.05) is 11.9 Å². The van der Waals surface area contributed by atoms with Gasteiger partial charge in [-0.2, -0.15) is 5.10 Å². The van der Waals surface area contributed by atoms with Crippen molar-refractivity contribution in [3.63, 3.8) is 0 Å². The van der Waals surface area contributed by atoms with Gasteiger partial charge in [-0.3, -0.25) is 24.9 Å². The Bertz CT molecular complexity index is 816. The second-order valence-electron chi connectivity index (χ2n) is 4.07. The minimum absolute atomic E-state index is 0.320. The Balaban J connectivity index is 2.06. The van der Waals surface area contributed by atoms with E-state index in [1.54, 1.807) is 24.4 Å². The number of anilines is 1. The Morgan fingerprint density at radius 3 is 2.74 bits per heavy atom. The van der Waals surface area contributed by atoms with Gasteiger partial charge in [-0.05, 0) is 18.2 Å². The predicted octanol–water partition coefficient (Wildman–Crippen LogP) is 0.552. The first kappa shape index (κ1) is 11.3. The molecule has 4 N–H and O–H groups in total. The number of nitrogens with one attached hydrogen (secondary N) is 4. The van der Waals surface area contributed by atoms with Gasteiger partial charge in [-0.1, -0.05) is 6.07 Å². The van der Waals surface area contributed by atoms with Gasteiger partial charge < -0.3 is 5.32 Å². The maximum atomic E-state index is 11.8. The average Bonchev–Trinajstić information content (AvgIpc) is 2.94. The highest BCUT2D eigenvalue weighted by Gasteiger charge is 2.07. The second kappa shape index (κ2) is 4.45. The summed E-state index contributed by atoms with van der Waals surface area (Å²) in [6, 6.07) is 6.93. The molecule has 96 valence electrons. The van der Waals surface area contributed by atoms with Crippen molar-refractivity contribution in [2.75, 3.05) is 5.32 Å². The number of aromatic nitrogens is 4. The standard InChI is InChI=1S/C12H11N5O2/c18-11-8-2-1-3-9(10(8)12(19)17-16-11)13-6-7-4-5-14-15-7/h1-5,13H,6H2,(H,14,15)(H,16,18)(H,17,19). The molecule has 3 rings (SSSR count). The molecule has 0 aliphatic rings. The number of H-pyrrole nitrogens is 3. The van der Waals surface area contributed by atoms with Crippen LogP contribution in [0.25, 0.3) is 10.8 Å². The number of benzene rings is 1. The van der Waals surface area contributed by atoms with Crippen molar-refractivity contribution in [3.05, 3.63) is 56.9 Å². The van der Waals surface area contributed by atoms with Gasteiger partial charge in [0.05, 0.1) is 23.0 Å². The van der Waals surface area contributed by atoms with Crippen molar-refractivity contribution in [3.8, 4) is 0 Å². The highest BCUT2D eigenvalue weighted by molar-refractivity contribution is 5.92. The van der Waals surface area contributed by atoms with E-state index >= 15 is 0 Å². The monoisotopic (exact) mass is 257 g/mol. The molecule has 0 bridgehead atoms. The fraction of sp³-hybridized carbons (Fsp3) is 0.0833. The third-order valence-electron chi connectivity index (χ3n) is 2.85. The molecule has 0 saturated carbocycles. The highest BCUT2D eigenvalue weighted by Crippen LogP contribution is 2.17. The third-order valence-corrected chi connectivity index (χ3v) is 2.85. The molecule has 0 aliphatic heterocycles. The van der Waals surface area contributed by atoms with Crippen molar-refractivity contribution in [1.29, 1.82) is 0 Å². The van der Waals surface area contributed by atoms with Gasteiger partial charge in [0.1, 0.15) is 0 Å². The molecule has 7 nitrogen and oxygen atoms in total. The van der Waals surface area contributed by atoms with Crippen LogP contribution in [0.5, 0.6) is 0 Å². The Morgan fingerprint density at radius 2 is 1.95 bits per heavy atom. The molecule has 0 fully saturated rings. The van der Waals surface area contributed by atoms with Crippen LogP contribution in [-0.2, 0) is 6.54 Å². The van der Waals surface area contributed by atoms with Crippen LogP contribution < -0.4 is 16.4 Å². The van der Waals surface area contributed by atoms with Crippen LogP contribution in [0.1, 0.15) is 5.69 Å². The molecular formula is C12H11N5O2. The lowest BCUT2D eigenvalue weighted by atomic mass is 10.1. The number of nitrogens with zero attached hydrogens (tertiary/aromatic N) is 1. The van der Waals surface area contributed by atoms with Crippen molar-refractivity contribution in [1.82, 2.24) is 20.4 Å². The van der Waals surface area contributed by atoms with Crippen LogP contribution >= 0.6 is 0 Å². The largest absolute Gasteiger partial charge is 0.379 e. The quantitative estimate of drug-likeness (QED) is 0.549. The van der Waals surface area contributed by atoms with E-state index in [1.165, 1.54) is 0 Å². The molecular weight excluding hydrogens is 246 g/mol. The number of aromatic amines is 3. The summed E-state index contributed by atoms with van der Waals surface area (Å²) in [6.45, 7) is 0.491. The molecule has 7 heteroatoms. The third kappa shape index (κ3) is 2.01. The van der Waals surface area contributed by atoms with E-state index in [4.69, 9.17) is 0 Å². The minimum atomic E-state index is -0.331. The van der Waals surface area contributed by atoms with Crippen LogP contribution in [0.4, 0.5) is 5.69 Å². The lowest BCUT2D eigenvalue weighted by Crippen LogP contribution is -2.20. The summed E-state index contributed by atoms with van der Waals surface area (Å²) in [5, 5.41) is 15.1. The molecule has 19 heavy (non-hydrogen) atoms. The van der Waals surface area contributed by atoms with E-state index in [1.807, 2.05) is 6.07 Å². The first-order valence-corrected chi connectivity index (χ1v) is 5.71. The number of fused-ring (bicyclic) bond motifs is 1. The first-order chi connectivity index (χ1) is 9.25. The van der Waals surface area contributed by atoms with Gasteiger partial charge in [-0.25, -0.2) is 0 Å². The Hall–Kier alpha value is -2.83. The van der Waals surface area contributed by atoms with Gasteiger partial charge >= 0.3 is 0 Å². The topological polar surface area (TPSA) is 106 Å². The van der Waals surface area contributed by atoms with E-state index < -0.39 is 0 Å².